The fourth-order valence-electron chi connectivity index (χ4n) is 2.08. The number of carbonyl (C=O) groups is 2. The molecule has 2 rings (SSSR count). The first-order valence-corrected chi connectivity index (χ1v) is 5.73. The molecule has 1 heterocycles. The lowest BCUT2D eigenvalue weighted by Crippen LogP contribution is -2.51. The van der Waals surface area contributed by atoms with Gasteiger partial charge in [0.1, 0.15) is 0 Å². The Labute approximate surface area is 106 Å². The second-order valence-electron chi connectivity index (χ2n) is 4.32. The minimum Gasteiger partial charge on any atom is -0.467 e. The molecular weight excluding hydrogens is 230 g/mol. The molecule has 0 saturated carbocycles. The van der Waals surface area contributed by atoms with Gasteiger partial charge >= 0.3 is 5.97 Å². The van der Waals surface area contributed by atoms with Crippen molar-refractivity contribution >= 4 is 11.9 Å². The number of hydrogen-bond donors (Lipinski definition) is 0. The van der Waals surface area contributed by atoms with Gasteiger partial charge in [-0.05, 0) is 19.1 Å². The first kappa shape index (κ1) is 12.4. The summed E-state index contributed by atoms with van der Waals surface area (Å²) in [6, 6.07) is 8.91. The van der Waals surface area contributed by atoms with Gasteiger partial charge in [0, 0.05) is 12.1 Å². The lowest BCUT2D eigenvalue weighted by molar-refractivity contribution is -0.148. The van der Waals surface area contributed by atoms with E-state index in [0.29, 0.717) is 12.1 Å². The molecule has 0 N–H and O–H groups in total. The molecule has 4 nitrogen and oxygen atoms in total. The van der Waals surface area contributed by atoms with Crippen LogP contribution in [0.3, 0.4) is 0 Å². The van der Waals surface area contributed by atoms with Crippen LogP contribution in [0.1, 0.15) is 17.3 Å². The van der Waals surface area contributed by atoms with Crippen LogP contribution in [-0.4, -0.2) is 36.0 Å². The summed E-state index contributed by atoms with van der Waals surface area (Å²) in [6.07, 6.45) is 3.51. The zero-order valence-electron chi connectivity index (χ0n) is 10.4. The normalized spacial score (nSPS) is 22.0. The molecule has 4 heteroatoms. The number of carbonyl (C=O) groups excluding carboxylic acids is 2. The Kier molecular flexibility index (Phi) is 3.19. The predicted molar refractivity (Wildman–Crippen MR) is 67.0 cm³/mol. The van der Waals surface area contributed by atoms with Crippen LogP contribution >= 0.6 is 0 Å². The summed E-state index contributed by atoms with van der Waals surface area (Å²) >= 11 is 0. The molecule has 0 saturated heterocycles. The minimum absolute atomic E-state index is 0.173. The first-order chi connectivity index (χ1) is 8.59. The third-order valence-corrected chi connectivity index (χ3v) is 3.16. The maximum Gasteiger partial charge on any atom is 0.335 e. The summed E-state index contributed by atoms with van der Waals surface area (Å²) in [5.74, 6) is -0.603. The quantitative estimate of drug-likeness (QED) is 0.587. The van der Waals surface area contributed by atoms with E-state index in [4.69, 9.17) is 4.74 Å². The van der Waals surface area contributed by atoms with E-state index in [-0.39, 0.29) is 5.91 Å². The van der Waals surface area contributed by atoms with E-state index in [1.165, 1.54) is 12.0 Å². The van der Waals surface area contributed by atoms with Gasteiger partial charge in [0.05, 0.1) is 7.11 Å². The van der Waals surface area contributed by atoms with Gasteiger partial charge in [0.25, 0.3) is 5.91 Å². The smallest absolute Gasteiger partial charge is 0.335 e. The molecular formula is C14H15NO3. The summed E-state index contributed by atoms with van der Waals surface area (Å²) in [7, 11) is 1.32. The summed E-state index contributed by atoms with van der Waals surface area (Å²) in [6.45, 7) is 2.10. The van der Waals surface area contributed by atoms with Gasteiger partial charge in [-0.25, -0.2) is 4.79 Å². The standard InChI is InChI=1S/C14H15NO3/c1-14(13(17)18-2)9-6-10-15(14)12(16)11-7-4-3-5-8-11/h3-9H,10H2,1-2H3. The van der Waals surface area contributed by atoms with E-state index in [0.717, 1.165) is 0 Å². The maximum absolute atomic E-state index is 12.4. The van der Waals surface area contributed by atoms with Crippen LogP contribution in [0.2, 0.25) is 0 Å². The van der Waals surface area contributed by atoms with Crippen molar-refractivity contribution in [3.8, 4) is 0 Å². The number of esters is 1. The SMILES string of the molecule is COC(=O)C1(C)C=CCN1C(=O)c1ccccc1. The number of ether oxygens (including phenoxy) is 1. The van der Waals surface area contributed by atoms with Crippen LogP contribution in [0.15, 0.2) is 42.5 Å². The molecule has 1 unspecified atom stereocenters. The van der Waals surface area contributed by atoms with Crippen molar-refractivity contribution < 1.29 is 14.3 Å². The van der Waals surface area contributed by atoms with E-state index in [1.54, 1.807) is 43.3 Å². The minimum atomic E-state index is -1.01. The molecule has 1 aliphatic heterocycles. The van der Waals surface area contributed by atoms with Gasteiger partial charge in [-0.3, -0.25) is 4.79 Å². The monoisotopic (exact) mass is 245 g/mol. The van der Waals surface area contributed by atoms with Crippen LogP contribution in [0.25, 0.3) is 0 Å². The van der Waals surface area contributed by atoms with Crippen molar-refractivity contribution in [3.05, 3.63) is 48.0 Å². The van der Waals surface area contributed by atoms with E-state index < -0.39 is 11.5 Å². The van der Waals surface area contributed by atoms with Crippen LogP contribution < -0.4 is 0 Å². The summed E-state index contributed by atoms with van der Waals surface area (Å²) in [4.78, 5) is 25.7. The van der Waals surface area contributed by atoms with Crippen molar-refractivity contribution in [1.29, 1.82) is 0 Å². The summed E-state index contributed by atoms with van der Waals surface area (Å²) < 4.78 is 4.77. The van der Waals surface area contributed by atoms with E-state index in [2.05, 4.69) is 0 Å². The first-order valence-electron chi connectivity index (χ1n) is 5.73. The second-order valence-corrected chi connectivity index (χ2v) is 4.32. The molecule has 1 amide bonds. The molecule has 1 aromatic rings. The molecule has 1 atom stereocenters. The summed E-state index contributed by atoms with van der Waals surface area (Å²) in [5.41, 5.74) is -0.446. The van der Waals surface area contributed by atoms with Crippen molar-refractivity contribution in [2.24, 2.45) is 0 Å². The zero-order valence-corrected chi connectivity index (χ0v) is 10.4. The van der Waals surface area contributed by atoms with E-state index in [9.17, 15) is 9.59 Å². The number of benzene rings is 1. The molecule has 0 bridgehead atoms. The third-order valence-electron chi connectivity index (χ3n) is 3.16. The second kappa shape index (κ2) is 4.64. The Morgan fingerprint density at radius 3 is 2.56 bits per heavy atom. The highest BCUT2D eigenvalue weighted by Gasteiger charge is 2.43. The molecule has 0 radical (unpaired) electrons. The number of methoxy groups -OCH3 is 1. The van der Waals surface area contributed by atoms with Crippen LogP contribution in [0.4, 0.5) is 0 Å². The van der Waals surface area contributed by atoms with Gasteiger partial charge in [0.15, 0.2) is 5.54 Å². The number of rotatable bonds is 2. The molecule has 0 spiro atoms. The van der Waals surface area contributed by atoms with Crippen molar-refractivity contribution in [3.63, 3.8) is 0 Å². The number of hydrogen-bond acceptors (Lipinski definition) is 3. The number of amides is 1. The van der Waals surface area contributed by atoms with Crippen LogP contribution in [0, 0.1) is 0 Å². The molecule has 94 valence electrons. The van der Waals surface area contributed by atoms with Crippen molar-refractivity contribution in [1.82, 2.24) is 4.90 Å². The van der Waals surface area contributed by atoms with E-state index in [1.807, 2.05) is 6.07 Å². The largest absolute Gasteiger partial charge is 0.467 e. The Hall–Kier alpha value is -2.10. The molecule has 1 aromatic carbocycles. The van der Waals surface area contributed by atoms with Crippen LogP contribution in [-0.2, 0) is 9.53 Å². The average molecular weight is 245 g/mol. The lowest BCUT2D eigenvalue weighted by atomic mass is 10.0. The molecule has 18 heavy (non-hydrogen) atoms. The zero-order chi connectivity index (χ0) is 13.2. The lowest BCUT2D eigenvalue weighted by Gasteiger charge is -2.32. The Morgan fingerprint density at radius 1 is 1.28 bits per heavy atom. The van der Waals surface area contributed by atoms with Gasteiger partial charge in [-0.2, -0.15) is 0 Å². The maximum atomic E-state index is 12.4. The molecule has 1 aliphatic rings. The van der Waals surface area contributed by atoms with Gasteiger partial charge in [-0.1, -0.05) is 30.4 Å². The van der Waals surface area contributed by atoms with Gasteiger partial charge in [0.2, 0.25) is 0 Å². The van der Waals surface area contributed by atoms with Crippen molar-refractivity contribution in [2.45, 2.75) is 12.5 Å². The van der Waals surface area contributed by atoms with Crippen LogP contribution in [0.5, 0.6) is 0 Å². The topological polar surface area (TPSA) is 46.6 Å². The molecule has 0 aromatic heterocycles. The molecule has 0 fully saturated rings. The number of nitrogens with zero attached hydrogens (tertiary/aromatic N) is 1. The highest BCUT2D eigenvalue weighted by atomic mass is 16.5. The predicted octanol–water partition coefficient (Wildman–Crippen LogP) is 1.63. The Balaban J connectivity index is 2.29. The molecule has 0 aliphatic carbocycles. The third kappa shape index (κ3) is 1.90. The highest BCUT2D eigenvalue weighted by molar-refractivity contribution is 5.99. The Morgan fingerprint density at radius 2 is 1.94 bits per heavy atom. The Bertz CT molecular complexity index is 495. The van der Waals surface area contributed by atoms with Gasteiger partial charge in [-0.15, -0.1) is 0 Å². The fraction of sp³-hybridized carbons (Fsp3) is 0.286. The summed E-state index contributed by atoms with van der Waals surface area (Å²) in [5, 5.41) is 0. The van der Waals surface area contributed by atoms with Gasteiger partial charge < -0.3 is 9.64 Å². The highest BCUT2D eigenvalue weighted by Crippen LogP contribution is 2.26. The van der Waals surface area contributed by atoms with Crippen molar-refractivity contribution in [2.75, 3.05) is 13.7 Å². The average Bonchev–Trinajstić information content (AvgIpc) is 2.81. The fourth-order valence-corrected chi connectivity index (χ4v) is 2.08. The van der Waals surface area contributed by atoms with E-state index >= 15 is 0 Å².